The average Bonchev–Trinajstić information content (AvgIpc) is 3.04. The van der Waals surface area contributed by atoms with E-state index in [0.717, 1.165) is 44.2 Å². The Morgan fingerprint density at radius 1 is 1.06 bits per heavy atom. The van der Waals surface area contributed by atoms with Crippen LogP contribution in [0.1, 0.15) is 39.0 Å². The summed E-state index contributed by atoms with van der Waals surface area (Å²) in [6, 6.07) is 7.42. The van der Waals surface area contributed by atoms with Crippen molar-refractivity contribution in [1.82, 2.24) is 19.1 Å². The van der Waals surface area contributed by atoms with Gasteiger partial charge in [0, 0.05) is 55.4 Å². The highest BCUT2D eigenvalue weighted by Crippen LogP contribution is 2.26. The molecule has 0 radical (unpaired) electrons. The molecule has 7 nitrogen and oxygen atoms in total. The third-order valence-corrected chi connectivity index (χ3v) is 8.54. The van der Waals surface area contributed by atoms with E-state index in [2.05, 4.69) is 16.8 Å². The third kappa shape index (κ3) is 4.76. The molecule has 2 saturated heterocycles. The van der Waals surface area contributed by atoms with Gasteiger partial charge >= 0.3 is 0 Å². The fourth-order valence-corrected chi connectivity index (χ4v) is 6.52. The average molecular weight is 445 g/mol. The summed E-state index contributed by atoms with van der Waals surface area (Å²) < 4.78 is 28.4. The van der Waals surface area contributed by atoms with E-state index in [-0.39, 0.29) is 5.91 Å². The van der Waals surface area contributed by atoms with Crippen LogP contribution in [0.2, 0.25) is 0 Å². The molecule has 1 atom stereocenters. The molecular weight excluding hydrogens is 412 g/mol. The summed E-state index contributed by atoms with van der Waals surface area (Å²) in [4.78, 5) is 21.5. The van der Waals surface area contributed by atoms with Gasteiger partial charge < -0.3 is 4.90 Å². The zero-order valence-electron chi connectivity index (χ0n) is 18.2. The second-order valence-electron chi connectivity index (χ2n) is 8.53. The normalized spacial score (nSPS) is 21.8. The standard InChI is InChI=1S/C23H32N4O3S/c1-2-20-8-3-4-14-27(20)23(28)18-25-12-6-13-26(16-15-25)31(29,30)22-9-5-7-19-17-24-11-10-21(19)22/h5,7,9-11,17,20H,2-4,6,8,12-16,18H2,1H3. The van der Waals surface area contributed by atoms with E-state index < -0.39 is 10.0 Å². The van der Waals surface area contributed by atoms with Crippen LogP contribution in [0.4, 0.5) is 0 Å². The summed E-state index contributed by atoms with van der Waals surface area (Å²) in [7, 11) is -3.61. The van der Waals surface area contributed by atoms with Crippen LogP contribution >= 0.6 is 0 Å². The Kier molecular flexibility index (Phi) is 6.89. The lowest BCUT2D eigenvalue weighted by molar-refractivity contribution is -0.136. The van der Waals surface area contributed by atoms with Crippen LogP contribution in [0.25, 0.3) is 10.8 Å². The van der Waals surface area contributed by atoms with Crippen LogP contribution in [0.3, 0.4) is 0 Å². The summed E-state index contributed by atoms with van der Waals surface area (Å²) in [6.07, 6.45) is 8.40. The number of sulfonamides is 1. The monoisotopic (exact) mass is 444 g/mol. The Bertz CT molecular complexity index is 1020. The van der Waals surface area contributed by atoms with Crippen molar-refractivity contribution >= 4 is 26.7 Å². The van der Waals surface area contributed by atoms with Crippen LogP contribution in [-0.2, 0) is 14.8 Å². The quantitative estimate of drug-likeness (QED) is 0.709. The van der Waals surface area contributed by atoms with Gasteiger partial charge in [0.1, 0.15) is 0 Å². The number of carbonyl (C=O) groups excluding carboxylic acids is 1. The van der Waals surface area contributed by atoms with Crippen molar-refractivity contribution in [3.8, 4) is 0 Å². The molecule has 2 aromatic rings. The number of likely N-dealkylation sites (tertiary alicyclic amines) is 1. The van der Waals surface area contributed by atoms with E-state index in [1.807, 2.05) is 11.0 Å². The van der Waals surface area contributed by atoms with E-state index >= 15 is 0 Å². The Labute approximate surface area is 185 Å². The molecule has 0 N–H and O–H groups in total. The Morgan fingerprint density at radius 2 is 1.94 bits per heavy atom. The van der Waals surface area contributed by atoms with Crippen molar-refractivity contribution in [2.24, 2.45) is 0 Å². The van der Waals surface area contributed by atoms with Gasteiger partial charge in [0.25, 0.3) is 0 Å². The number of piperidine rings is 1. The predicted octanol–water partition coefficient (Wildman–Crippen LogP) is 2.72. The van der Waals surface area contributed by atoms with Crippen LogP contribution in [-0.4, -0.2) is 78.7 Å². The minimum atomic E-state index is -3.61. The molecule has 2 fully saturated rings. The van der Waals surface area contributed by atoms with Crippen molar-refractivity contribution in [2.45, 2.75) is 50.0 Å². The van der Waals surface area contributed by atoms with Crippen LogP contribution in [0, 0.1) is 0 Å². The number of carbonyl (C=O) groups is 1. The molecule has 0 aliphatic carbocycles. The van der Waals surface area contributed by atoms with E-state index in [1.165, 1.54) is 6.42 Å². The van der Waals surface area contributed by atoms with Gasteiger partial charge in [0.05, 0.1) is 11.4 Å². The summed E-state index contributed by atoms with van der Waals surface area (Å²) in [6.45, 7) is 5.55. The first-order valence-corrected chi connectivity index (χ1v) is 12.8. The molecule has 2 aliphatic rings. The number of benzene rings is 1. The maximum atomic E-state index is 13.4. The Balaban J connectivity index is 1.44. The molecule has 1 aromatic heterocycles. The molecule has 1 aromatic carbocycles. The van der Waals surface area contributed by atoms with Crippen molar-refractivity contribution in [2.75, 3.05) is 39.3 Å². The van der Waals surface area contributed by atoms with Crippen molar-refractivity contribution in [3.05, 3.63) is 36.7 Å². The number of hydrogen-bond donors (Lipinski definition) is 0. The van der Waals surface area contributed by atoms with Gasteiger partial charge in [-0.05, 0) is 50.8 Å². The second-order valence-corrected chi connectivity index (χ2v) is 10.4. The third-order valence-electron chi connectivity index (χ3n) is 6.58. The number of nitrogens with zero attached hydrogens (tertiary/aromatic N) is 4. The highest BCUT2D eigenvalue weighted by molar-refractivity contribution is 7.89. The molecule has 0 bridgehead atoms. The van der Waals surface area contributed by atoms with Gasteiger partial charge in [-0.25, -0.2) is 8.42 Å². The fraction of sp³-hybridized carbons (Fsp3) is 0.565. The van der Waals surface area contributed by atoms with Gasteiger partial charge in [-0.3, -0.25) is 14.7 Å². The molecule has 3 heterocycles. The smallest absolute Gasteiger partial charge is 0.243 e. The van der Waals surface area contributed by atoms with Gasteiger partial charge in [-0.1, -0.05) is 19.1 Å². The summed E-state index contributed by atoms with van der Waals surface area (Å²) >= 11 is 0. The largest absolute Gasteiger partial charge is 0.339 e. The van der Waals surface area contributed by atoms with Crippen molar-refractivity contribution in [3.63, 3.8) is 0 Å². The van der Waals surface area contributed by atoms with Gasteiger partial charge in [-0.2, -0.15) is 4.31 Å². The molecule has 4 rings (SSSR count). The van der Waals surface area contributed by atoms with Crippen LogP contribution in [0.5, 0.6) is 0 Å². The molecule has 0 spiro atoms. The fourth-order valence-electron chi connectivity index (χ4n) is 4.84. The highest BCUT2D eigenvalue weighted by atomic mass is 32.2. The molecule has 8 heteroatoms. The number of pyridine rings is 1. The van der Waals surface area contributed by atoms with Gasteiger partial charge in [0.15, 0.2) is 0 Å². The van der Waals surface area contributed by atoms with E-state index in [9.17, 15) is 13.2 Å². The zero-order chi connectivity index (χ0) is 21.8. The molecule has 0 saturated carbocycles. The lowest BCUT2D eigenvalue weighted by atomic mass is 10.00. The maximum absolute atomic E-state index is 13.4. The van der Waals surface area contributed by atoms with Gasteiger partial charge in [-0.15, -0.1) is 0 Å². The summed E-state index contributed by atoms with van der Waals surface area (Å²) in [5.41, 5.74) is 0. The zero-order valence-corrected chi connectivity index (χ0v) is 19.1. The minimum absolute atomic E-state index is 0.185. The lowest BCUT2D eigenvalue weighted by Crippen LogP contribution is -2.48. The Morgan fingerprint density at radius 3 is 2.77 bits per heavy atom. The first-order chi connectivity index (χ1) is 15.0. The second kappa shape index (κ2) is 9.63. The first kappa shape index (κ1) is 22.2. The Hall–Kier alpha value is -2.03. The first-order valence-electron chi connectivity index (χ1n) is 11.4. The lowest BCUT2D eigenvalue weighted by Gasteiger charge is -2.36. The van der Waals surface area contributed by atoms with E-state index in [1.54, 1.807) is 34.9 Å². The number of rotatable bonds is 5. The minimum Gasteiger partial charge on any atom is -0.339 e. The molecular formula is C23H32N4O3S. The van der Waals surface area contributed by atoms with E-state index in [0.29, 0.717) is 42.5 Å². The van der Waals surface area contributed by atoms with Crippen LogP contribution in [0.15, 0.2) is 41.6 Å². The molecule has 168 valence electrons. The number of aromatic nitrogens is 1. The SMILES string of the molecule is CCC1CCCCN1C(=O)CN1CCCN(S(=O)(=O)c2cccc3cnccc23)CC1. The topological polar surface area (TPSA) is 73.8 Å². The maximum Gasteiger partial charge on any atom is 0.243 e. The number of amides is 1. The number of hydrogen-bond acceptors (Lipinski definition) is 5. The van der Waals surface area contributed by atoms with Crippen LogP contribution < -0.4 is 0 Å². The molecule has 1 unspecified atom stereocenters. The molecule has 2 aliphatic heterocycles. The molecule has 1 amide bonds. The summed E-state index contributed by atoms with van der Waals surface area (Å²) in [5.74, 6) is 0.185. The summed E-state index contributed by atoms with van der Waals surface area (Å²) in [5, 5.41) is 1.52. The van der Waals surface area contributed by atoms with E-state index in [4.69, 9.17) is 0 Å². The van der Waals surface area contributed by atoms with Gasteiger partial charge in [0.2, 0.25) is 15.9 Å². The molecule has 31 heavy (non-hydrogen) atoms. The number of fused-ring (bicyclic) bond motifs is 1. The van der Waals surface area contributed by atoms with Crippen molar-refractivity contribution < 1.29 is 13.2 Å². The highest BCUT2D eigenvalue weighted by Gasteiger charge is 2.30. The predicted molar refractivity (Wildman–Crippen MR) is 121 cm³/mol. The van der Waals surface area contributed by atoms with Crippen molar-refractivity contribution in [1.29, 1.82) is 0 Å².